The van der Waals surface area contributed by atoms with Crippen molar-refractivity contribution in [3.8, 4) is 34.3 Å². The molecule has 12 heteroatoms. The first-order chi connectivity index (χ1) is 21.3. The minimum Gasteiger partial charge on any atom is -0.478 e. The summed E-state index contributed by atoms with van der Waals surface area (Å²) in [5.41, 5.74) is 9.26. The molecule has 1 fully saturated rings. The summed E-state index contributed by atoms with van der Waals surface area (Å²) in [6, 6.07) is 20.4. The van der Waals surface area contributed by atoms with E-state index in [4.69, 9.17) is 40.1 Å². The number of carboxylic acid groups (broad SMARTS) is 1. The fourth-order valence-corrected chi connectivity index (χ4v) is 4.24. The first-order valence-electron chi connectivity index (χ1n) is 13.8. The fourth-order valence-electron chi connectivity index (χ4n) is 4.24. The maximum absolute atomic E-state index is 11.1. The zero-order valence-electron chi connectivity index (χ0n) is 23.9. The van der Waals surface area contributed by atoms with Crippen molar-refractivity contribution in [2.75, 3.05) is 51.0 Å². The smallest absolute Gasteiger partial charge is 0.335 e. The van der Waals surface area contributed by atoms with E-state index < -0.39 is 31.3 Å². The van der Waals surface area contributed by atoms with Crippen LogP contribution in [-0.2, 0) is 11.3 Å². The highest BCUT2D eigenvalue weighted by molar-refractivity contribution is 5.87. The predicted octanol–water partition coefficient (Wildman–Crippen LogP) is 2.65. The molecular formula is C32H34N4O8. The average Bonchev–Trinajstić information content (AvgIpc) is 3.63. The molecule has 0 saturated carbocycles. The van der Waals surface area contributed by atoms with E-state index in [0.717, 1.165) is 35.5 Å². The van der Waals surface area contributed by atoms with Crippen LogP contribution in [0.25, 0.3) is 22.4 Å². The maximum atomic E-state index is 11.1. The monoisotopic (exact) mass is 602 g/mol. The van der Waals surface area contributed by atoms with E-state index in [-0.39, 0.29) is 18.1 Å². The molecule has 230 valence electrons. The molecule has 6 N–H and O–H groups in total. The van der Waals surface area contributed by atoms with Crippen molar-refractivity contribution in [2.45, 2.75) is 12.1 Å². The van der Waals surface area contributed by atoms with Crippen LogP contribution in [0.1, 0.15) is 21.5 Å². The summed E-state index contributed by atoms with van der Waals surface area (Å²) in [7, 11) is 0. The number of nitrogens with zero attached hydrogens (tertiary/aromatic N) is 3. The number of aromatic carboxylic acids is 1. The largest absolute Gasteiger partial charge is 0.478 e. The quantitative estimate of drug-likeness (QED) is 0.178. The minimum absolute atomic E-state index is 0.131. The van der Waals surface area contributed by atoms with Gasteiger partial charge in [-0.1, -0.05) is 24.3 Å². The number of hydrogen-bond acceptors (Lipinski definition) is 11. The SMILES string of the molecule is N#Cc1c(-c2ccoc2)cc(-c2ccc(N3CCOCC3)cc2)nc1OCc1ccc(C(=O)O)cc1.NC(CO)(CO)CO. The van der Waals surface area contributed by atoms with E-state index in [0.29, 0.717) is 30.0 Å². The average molecular weight is 603 g/mol. The van der Waals surface area contributed by atoms with Gasteiger partial charge < -0.3 is 45.0 Å². The normalized spacial score (nSPS) is 13.0. The predicted molar refractivity (Wildman–Crippen MR) is 161 cm³/mol. The van der Waals surface area contributed by atoms with Crippen LogP contribution in [0.2, 0.25) is 0 Å². The van der Waals surface area contributed by atoms with Crippen molar-refractivity contribution in [2.24, 2.45) is 5.73 Å². The van der Waals surface area contributed by atoms with Gasteiger partial charge in [-0.2, -0.15) is 5.26 Å². The van der Waals surface area contributed by atoms with Gasteiger partial charge in [0.15, 0.2) is 0 Å². The van der Waals surface area contributed by atoms with Crippen molar-refractivity contribution in [1.82, 2.24) is 4.98 Å². The number of hydrogen-bond donors (Lipinski definition) is 5. The van der Waals surface area contributed by atoms with E-state index >= 15 is 0 Å². The topological polar surface area (TPSA) is 196 Å². The summed E-state index contributed by atoms with van der Waals surface area (Å²) in [4.78, 5) is 18.1. The van der Waals surface area contributed by atoms with Crippen LogP contribution >= 0.6 is 0 Å². The highest BCUT2D eigenvalue weighted by Crippen LogP contribution is 2.34. The van der Waals surface area contributed by atoms with Crippen LogP contribution in [0.5, 0.6) is 5.88 Å². The highest BCUT2D eigenvalue weighted by atomic mass is 16.5. The Bertz CT molecular complexity index is 1530. The van der Waals surface area contributed by atoms with Gasteiger partial charge in [0.05, 0.1) is 62.4 Å². The number of morpholine rings is 1. The molecule has 0 atom stereocenters. The molecule has 0 amide bonds. The van der Waals surface area contributed by atoms with E-state index in [2.05, 4.69) is 28.1 Å². The maximum Gasteiger partial charge on any atom is 0.335 e. The summed E-state index contributed by atoms with van der Waals surface area (Å²) in [5, 5.41) is 44.1. The summed E-state index contributed by atoms with van der Waals surface area (Å²) in [6.45, 7) is 2.06. The number of furan rings is 1. The molecule has 2 aromatic heterocycles. The number of pyridine rings is 1. The van der Waals surface area contributed by atoms with Gasteiger partial charge in [0.2, 0.25) is 5.88 Å². The lowest BCUT2D eigenvalue weighted by Gasteiger charge is -2.28. The standard InChI is InChI=1S/C28H23N3O5.C4H11NO3/c29-16-25-24(22-9-12-35-18-22)15-26(20-5-7-23(8-6-20)31-10-13-34-14-11-31)30-27(25)36-17-19-1-3-21(4-2-19)28(32)33;5-4(1-6,2-7)3-8/h1-9,12,15,18H,10-11,13-14,17H2,(H,32,33);6-8H,1-3,5H2. The number of carbonyl (C=O) groups is 1. The molecule has 0 unspecified atom stereocenters. The van der Waals surface area contributed by atoms with Crippen molar-refractivity contribution >= 4 is 11.7 Å². The van der Waals surface area contributed by atoms with Gasteiger partial charge in [-0.3, -0.25) is 0 Å². The van der Waals surface area contributed by atoms with Gasteiger partial charge in [0.25, 0.3) is 0 Å². The molecule has 1 aliphatic heterocycles. The summed E-state index contributed by atoms with van der Waals surface area (Å²) < 4.78 is 16.7. The lowest BCUT2D eigenvalue weighted by molar-refractivity contribution is 0.0692. The van der Waals surface area contributed by atoms with Crippen molar-refractivity contribution < 1.29 is 39.1 Å². The molecule has 0 bridgehead atoms. The van der Waals surface area contributed by atoms with E-state index in [9.17, 15) is 10.1 Å². The first kappa shape index (κ1) is 32.2. The molecule has 4 aromatic rings. The van der Waals surface area contributed by atoms with Crippen LogP contribution in [-0.4, -0.2) is 83.0 Å². The van der Waals surface area contributed by atoms with Crippen LogP contribution in [0, 0.1) is 11.3 Å². The van der Waals surface area contributed by atoms with Crippen molar-refractivity contribution in [3.63, 3.8) is 0 Å². The number of benzene rings is 2. The number of ether oxygens (including phenoxy) is 2. The second kappa shape index (κ2) is 15.1. The van der Waals surface area contributed by atoms with Crippen molar-refractivity contribution in [1.29, 1.82) is 5.26 Å². The molecule has 1 saturated heterocycles. The Hall–Kier alpha value is -4.77. The summed E-state index contributed by atoms with van der Waals surface area (Å²) in [5.74, 6) is -0.793. The van der Waals surface area contributed by atoms with E-state index in [1.165, 1.54) is 12.1 Å². The third kappa shape index (κ3) is 7.99. The summed E-state index contributed by atoms with van der Waals surface area (Å²) >= 11 is 0. The van der Waals surface area contributed by atoms with Crippen molar-refractivity contribution in [3.05, 3.63) is 89.9 Å². The molecule has 0 aliphatic carbocycles. The Kier molecular flexibility index (Phi) is 11.0. The van der Waals surface area contributed by atoms with Crippen LogP contribution in [0.4, 0.5) is 5.69 Å². The Morgan fingerprint density at radius 3 is 2.18 bits per heavy atom. The van der Waals surface area contributed by atoms with Gasteiger partial charge in [-0.15, -0.1) is 0 Å². The molecule has 1 aliphatic rings. The third-order valence-corrected chi connectivity index (χ3v) is 6.99. The van der Waals surface area contributed by atoms with Crippen LogP contribution < -0.4 is 15.4 Å². The third-order valence-electron chi connectivity index (χ3n) is 6.99. The summed E-state index contributed by atoms with van der Waals surface area (Å²) in [6.07, 6.45) is 3.13. The number of rotatable bonds is 10. The molecule has 5 rings (SSSR count). The molecule has 12 nitrogen and oxygen atoms in total. The second-order valence-electron chi connectivity index (χ2n) is 10.1. The number of aromatic nitrogens is 1. The number of nitrogens with two attached hydrogens (primary N) is 1. The molecule has 3 heterocycles. The van der Waals surface area contributed by atoms with E-state index in [1.54, 1.807) is 30.7 Å². The zero-order valence-corrected chi connectivity index (χ0v) is 23.9. The van der Waals surface area contributed by atoms with E-state index in [1.807, 2.05) is 18.2 Å². The Morgan fingerprint density at radius 2 is 1.66 bits per heavy atom. The Morgan fingerprint density at radius 1 is 1.00 bits per heavy atom. The van der Waals surface area contributed by atoms with Gasteiger partial charge in [0, 0.05) is 35.5 Å². The lowest BCUT2D eigenvalue weighted by atomic mass is 10.0. The van der Waals surface area contributed by atoms with Gasteiger partial charge >= 0.3 is 5.97 Å². The van der Waals surface area contributed by atoms with Gasteiger partial charge in [-0.05, 0) is 42.0 Å². The zero-order chi connectivity index (χ0) is 31.5. The molecule has 2 aromatic carbocycles. The molecule has 0 radical (unpaired) electrons. The van der Waals surface area contributed by atoms with Gasteiger partial charge in [0.1, 0.15) is 18.2 Å². The number of anilines is 1. The Labute approximate surface area is 254 Å². The molecule has 44 heavy (non-hydrogen) atoms. The highest BCUT2D eigenvalue weighted by Gasteiger charge is 2.21. The van der Waals surface area contributed by atoms with Gasteiger partial charge in [-0.25, -0.2) is 9.78 Å². The minimum atomic E-state index is -1.21. The van der Waals surface area contributed by atoms with Crippen LogP contribution in [0.15, 0.2) is 77.6 Å². The van der Waals surface area contributed by atoms with Crippen LogP contribution in [0.3, 0.4) is 0 Å². The second-order valence-corrected chi connectivity index (χ2v) is 10.1. The molecule has 0 spiro atoms. The number of nitriles is 1. The number of carboxylic acids is 1. The Balaban J connectivity index is 0.000000488. The molecular weight excluding hydrogens is 568 g/mol. The first-order valence-corrected chi connectivity index (χ1v) is 13.8. The number of aliphatic hydroxyl groups excluding tert-OH is 3. The number of aliphatic hydroxyl groups is 3. The fraction of sp³-hybridized carbons (Fsp3) is 0.281. The lowest BCUT2D eigenvalue weighted by Crippen LogP contribution is -2.50.